The van der Waals surface area contributed by atoms with Crippen LogP contribution in [0.4, 0.5) is 0 Å². The first kappa shape index (κ1) is 11.3. The topological polar surface area (TPSA) is 81.8 Å². The van der Waals surface area contributed by atoms with Gasteiger partial charge in [-0.25, -0.2) is 13.6 Å². The minimum atomic E-state index is -3.67. The lowest BCUT2D eigenvalue weighted by Crippen LogP contribution is -2.43. The van der Waals surface area contributed by atoms with Crippen molar-refractivity contribution in [1.82, 2.24) is 0 Å². The molecule has 0 aromatic carbocycles. The van der Waals surface area contributed by atoms with Gasteiger partial charge in [-0.1, -0.05) is 15.9 Å². The highest BCUT2D eigenvalue weighted by molar-refractivity contribution is 9.11. The van der Waals surface area contributed by atoms with E-state index in [1.54, 1.807) is 0 Å². The van der Waals surface area contributed by atoms with E-state index in [0.29, 0.717) is 4.48 Å². The molecule has 2 aliphatic rings. The van der Waals surface area contributed by atoms with Crippen molar-refractivity contribution >= 4 is 32.2 Å². The molecule has 0 saturated heterocycles. The molecule has 2 rings (SSSR count). The van der Waals surface area contributed by atoms with Crippen molar-refractivity contribution in [1.29, 1.82) is 0 Å². The van der Waals surface area contributed by atoms with E-state index < -0.39 is 21.4 Å². The molecule has 2 N–H and O–H groups in total. The zero-order valence-electron chi connectivity index (χ0n) is 7.84. The molecule has 2 unspecified atom stereocenters. The van der Waals surface area contributed by atoms with E-state index in [-0.39, 0.29) is 6.10 Å². The molecule has 84 valence electrons. The van der Waals surface area contributed by atoms with Gasteiger partial charge in [-0.15, -0.1) is 0 Å². The van der Waals surface area contributed by atoms with Crippen LogP contribution in [0.2, 0.25) is 0 Å². The third kappa shape index (κ3) is 2.66. The number of aliphatic imine (C=N–C) groups is 1. The van der Waals surface area contributed by atoms with E-state index in [1.165, 1.54) is 12.4 Å². The fourth-order valence-electron chi connectivity index (χ4n) is 1.32. The molecule has 2 atom stereocenters. The van der Waals surface area contributed by atoms with Gasteiger partial charge < -0.3 is 4.74 Å². The highest BCUT2D eigenvalue weighted by Crippen LogP contribution is 2.32. The first-order valence-electron chi connectivity index (χ1n) is 4.54. The van der Waals surface area contributed by atoms with Crippen LogP contribution in [0.5, 0.6) is 0 Å². The summed E-state index contributed by atoms with van der Waals surface area (Å²) in [5, 5.41) is 4.22. The molecule has 15 heavy (non-hydrogen) atoms. The molecule has 1 heterocycles. The normalized spacial score (nSPS) is 31.5. The summed E-state index contributed by atoms with van der Waals surface area (Å²) in [6.45, 7) is 0. The first-order valence-corrected chi connectivity index (χ1v) is 6.94. The van der Waals surface area contributed by atoms with Crippen LogP contribution in [0.1, 0.15) is 12.8 Å². The molecule has 0 aromatic heterocycles. The van der Waals surface area contributed by atoms with Crippen molar-refractivity contribution in [3.8, 4) is 0 Å². The largest absolute Gasteiger partial charge is 0.368 e. The summed E-state index contributed by atoms with van der Waals surface area (Å²) in [6, 6.07) is 0. The van der Waals surface area contributed by atoms with Crippen LogP contribution in [-0.4, -0.2) is 32.1 Å². The predicted molar refractivity (Wildman–Crippen MR) is 60.3 cm³/mol. The van der Waals surface area contributed by atoms with Crippen molar-refractivity contribution in [2.45, 2.75) is 30.3 Å². The minimum absolute atomic E-state index is 0.159. The second kappa shape index (κ2) is 3.97. The van der Waals surface area contributed by atoms with Gasteiger partial charge >= 0.3 is 0 Å². The van der Waals surface area contributed by atoms with Crippen LogP contribution in [0, 0.1) is 0 Å². The summed E-state index contributed by atoms with van der Waals surface area (Å²) in [6.07, 6.45) is 4.41. The number of ether oxygens (including phenoxy) is 1. The van der Waals surface area contributed by atoms with Crippen LogP contribution < -0.4 is 5.14 Å². The Labute approximate surface area is 96.6 Å². The average Bonchev–Trinajstić information content (AvgIpc) is 2.90. The second-order valence-electron chi connectivity index (χ2n) is 3.62. The number of halogens is 1. The number of primary sulfonamides is 1. The van der Waals surface area contributed by atoms with Gasteiger partial charge in [0, 0.05) is 16.9 Å². The summed E-state index contributed by atoms with van der Waals surface area (Å²) in [5.41, 5.74) is 0. The molecular formula is C8H11BrN2O3S. The van der Waals surface area contributed by atoms with E-state index in [2.05, 4.69) is 20.9 Å². The molecule has 0 amide bonds. The third-order valence-corrected chi connectivity index (χ3v) is 4.03. The summed E-state index contributed by atoms with van der Waals surface area (Å²) in [7, 11) is -3.67. The Balaban J connectivity index is 2.20. The maximum absolute atomic E-state index is 11.3. The van der Waals surface area contributed by atoms with Crippen molar-refractivity contribution in [2.75, 3.05) is 0 Å². The maximum Gasteiger partial charge on any atom is 0.220 e. The number of hydrogen-bond acceptors (Lipinski definition) is 4. The second-order valence-corrected chi connectivity index (χ2v) is 6.26. The van der Waals surface area contributed by atoms with Gasteiger partial charge in [-0.2, -0.15) is 0 Å². The molecule has 5 nitrogen and oxygen atoms in total. The van der Waals surface area contributed by atoms with Crippen molar-refractivity contribution < 1.29 is 13.2 Å². The summed E-state index contributed by atoms with van der Waals surface area (Å²) in [5.74, 6) is 0. The van der Waals surface area contributed by atoms with Gasteiger partial charge in [0.05, 0.1) is 6.10 Å². The smallest absolute Gasteiger partial charge is 0.220 e. The minimum Gasteiger partial charge on any atom is -0.368 e. The van der Waals surface area contributed by atoms with Gasteiger partial charge in [0.2, 0.25) is 10.0 Å². The molecule has 0 bridgehead atoms. The van der Waals surface area contributed by atoms with Gasteiger partial charge in [-0.3, -0.25) is 4.99 Å². The molecule has 0 spiro atoms. The molecule has 7 heteroatoms. The zero-order chi connectivity index (χ0) is 11.1. The number of sulfonamides is 1. The van der Waals surface area contributed by atoms with Crippen LogP contribution in [-0.2, 0) is 14.8 Å². The third-order valence-electron chi connectivity index (χ3n) is 2.24. The highest BCUT2D eigenvalue weighted by Gasteiger charge is 2.38. The standard InChI is InChI=1S/C8H11BrN2O3S/c9-6-3-11-4-7(15(10,12)13)8(6)14-5-1-2-5/h3-5,7-8H,1-2H2,(H2,10,12,13). The van der Waals surface area contributed by atoms with Crippen LogP contribution >= 0.6 is 15.9 Å². The molecule has 1 aliphatic carbocycles. The summed E-state index contributed by atoms with van der Waals surface area (Å²) < 4.78 is 28.8. The SMILES string of the molecule is NS(=O)(=O)C1C=NC=C(Br)C1OC1CC1. The Hall–Kier alpha value is -0.240. The average molecular weight is 295 g/mol. The van der Waals surface area contributed by atoms with Gasteiger partial charge in [0.25, 0.3) is 0 Å². The molecule has 1 saturated carbocycles. The van der Waals surface area contributed by atoms with E-state index in [4.69, 9.17) is 9.88 Å². The Morgan fingerprint density at radius 2 is 2.20 bits per heavy atom. The monoisotopic (exact) mass is 294 g/mol. The fraction of sp³-hybridized carbons (Fsp3) is 0.625. The number of rotatable bonds is 3. The van der Waals surface area contributed by atoms with E-state index in [0.717, 1.165) is 12.8 Å². The molecule has 1 fully saturated rings. The van der Waals surface area contributed by atoms with Crippen LogP contribution in [0.15, 0.2) is 15.7 Å². The Morgan fingerprint density at radius 1 is 1.53 bits per heavy atom. The summed E-state index contributed by atoms with van der Waals surface area (Å²) >= 11 is 3.25. The zero-order valence-corrected chi connectivity index (χ0v) is 10.2. The predicted octanol–water partition coefficient (Wildman–Crippen LogP) is 0.512. The van der Waals surface area contributed by atoms with Crippen LogP contribution in [0.25, 0.3) is 0 Å². The summed E-state index contributed by atoms with van der Waals surface area (Å²) in [4.78, 5) is 3.81. The fourth-order valence-corrected chi connectivity index (χ4v) is 2.80. The van der Waals surface area contributed by atoms with Crippen molar-refractivity contribution in [3.05, 3.63) is 10.7 Å². The van der Waals surface area contributed by atoms with Gasteiger partial charge in [0.15, 0.2) is 0 Å². The molecule has 1 aliphatic heterocycles. The first-order chi connectivity index (χ1) is 6.98. The highest BCUT2D eigenvalue weighted by atomic mass is 79.9. The van der Waals surface area contributed by atoms with E-state index >= 15 is 0 Å². The Morgan fingerprint density at radius 3 is 2.73 bits per heavy atom. The van der Waals surface area contributed by atoms with Gasteiger partial charge in [-0.05, 0) is 12.8 Å². The van der Waals surface area contributed by atoms with E-state index in [1.807, 2.05) is 0 Å². The van der Waals surface area contributed by atoms with E-state index in [9.17, 15) is 8.42 Å². The van der Waals surface area contributed by atoms with Gasteiger partial charge in [0.1, 0.15) is 11.4 Å². The number of nitrogens with zero attached hydrogens (tertiary/aromatic N) is 1. The lowest BCUT2D eigenvalue weighted by Gasteiger charge is -2.24. The van der Waals surface area contributed by atoms with Crippen molar-refractivity contribution in [2.24, 2.45) is 10.1 Å². The Kier molecular flexibility index (Phi) is 2.98. The maximum atomic E-state index is 11.3. The molecule has 0 aromatic rings. The molecule has 0 radical (unpaired) electrons. The van der Waals surface area contributed by atoms with Crippen molar-refractivity contribution in [3.63, 3.8) is 0 Å². The lowest BCUT2D eigenvalue weighted by atomic mass is 10.2. The van der Waals surface area contributed by atoms with Crippen LogP contribution in [0.3, 0.4) is 0 Å². The number of hydrogen-bond donors (Lipinski definition) is 1. The quantitative estimate of drug-likeness (QED) is 0.823. The Bertz CT molecular complexity index is 414. The molecular weight excluding hydrogens is 284 g/mol. The number of nitrogens with two attached hydrogens (primary N) is 1. The lowest BCUT2D eigenvalue weighted by molar-refractivity contribution is 0.0753.